The maximum Gasteiger partial charge on any atom is 0.273 e. The molecule has 0 saturated carbocycles. The van der Waals surface area contributed by atoms with Gasteiger partial charge in [0.25, 0.3) is 5.91 Å². The monoisotopic (exact) mass is 417 g/mol. The van der Waals surface area contributed by atoms with Crippen molar-refractivity contribution in [3.8, 4) is 0 Å². The highest BCUT2D eigenvalue weighted by Crippen LogP contribution is 2.25. The lowest BCUT2D eigenvalue weighted by atomic mass is 9.92. The summed E-state index contributed by atoms with van der Waals surface area (Å²) in [5.41, 5.74) is 1.44. The molecule has 0 unspecified atom stereocenters. The van der Waals surface area contributed by atoms with Crippen molar-refractivity contribution >= 4 is 23.2 Å². The number of carbonyl (C=O) groups is 2. The average Bonchev–Trinajstić information content (AvgIpc) is 3.22. The second-order valence-electron chi connectivity index (χ2n) is 7.90. The lowest BCUT2D eigenvalue weighted by molar-refractivity contribution is -0.121. The van der Waals surface area contributed by atoms with E-state index >= 15 is 0 Å². The van der Waals surface area contributed by atoms with Crippen LogP contribution in [-0.4, -0.2) is 34.8 Å². The zero-order valence-electron chi connectivity index (χ0n) is 17.0. The van der Waals surface area contributed by atoms with Gasteiger partial charge in [0.2, 0.25) is 5.91 Å². The zero-order chi connectivity index (χ0) is 20.8. The molecule has 2 aromatic rings. The van der Waals surface area contributed by atoms with Gasteiger partial charge < -0.3 is 10.2 Å². The van der Waals surface area contributed by atoms with Gasteiger partial charge in [0.1, 0.15) is 11.5 Å². The van der Waals surface area contributed by atoms with Gasteiger partial charge in [0, 0.05) is 37.4 Å². The van der Waals surface area contributed by atoms with Crippen molar-refractivity contribution in [3.63, 3.8) is 0 Å². The van der Waals surface area contributed by atoms with Crippen molar-refractivity contribution in [2.24, 2.45) is 5.92 Å². The molecule has 1 aliphatic rings. The van der Waals surface area contributed by atoms with E-state index in [0.717, 1.165) is 42.9 Å². The van der Waals surface area contributed by atoms with Gasteiger partial charge >= 0.3 is 0 Å². The minimum absolute atomic E-state index is 0.0107. The molecular formula is C22H28FN3O2S. The topological polar surface area (TPSA) is 62.3 Å². The quantitative estimate of drug-likeness (QED) is 0.728. The molecule has 0 spiro atoms. The van der Waals surface area contributed by atoms with Crippen LogP contribution in [0.2, 0.25) is 0 Å². The van der Waals surface area contributed by atoms with Gasteiger partial charge in [-0.3, -0.25) is 9.59 Å². The maximum atomic E-state index is 12.9. The van der Waals surface area contributed by atoms with Crippen LogP contribution in [0.15, 0.2) is 29.6 Å². The number of thiazole rings is 1. The van der Waals surface area contributed by atoms with E-state index in [2.05, 4.69) is 24.1 Å². The minimum Gasteiger partial charge on any atom is -0.352 e. The molecule has 156 valence electrons. The van der Waals surface area contributed by atoms with Gasteiger partial charge in [-0.2, -0.15) is 0 Å². The molecule has 1 N–H and O–H groups in total. The van der Waals surface area contributed by atoms with Crippen LogP contribution in [0, 0.1) is 11.7 Å². The first kappa shape index (κ1) is 21.4. The van der Waals surface area contributed by atoms with Gasteiger partial charge in [0.15, 0.2) is 0 Å². The Morgan fingerprint density at radius 2 is 1.93 bits per heavy atom. The summed E-state index contributed by atoms with van der Waals surface area (Å²) in [6.07, 6.45) is 3.13. The predicted octanol–water partition coefficient (Wildman–Crippen LogP) is 4.35. The lowest BCUT2D eigenvalue weighted by Gasteiger charge is -2.31. The van der Waals surface area contributed by atoms with Crippen molar-refractivity contribution in [3.05, 3.63) is 51.7 Å². The van der Waals surface area contributed by atoms with Crippen LogP contribution < -0.4 is 5.32 Å². The van der Waals surface area contributed by atoms with Crippen molar-refractivity contribution < 1.29 is 14.0 Å². The van der Waals surface area contributed by atoms with Crippen molar-refractivity contribution in [2.45, 2.75) is 52.0 Å². The molecule has 1 aromatic carbocycles. The number of halogens is 1. The van der Waals surface area contributed by atoms with Gasteiger partial charge in [0.05, 0.1) is 5.01 Å². The number of aromatic nitrogens is 1. The van der Waals surface area contributed by atoms with Crippen LogP contribution in [-0.2, 0) is 11.3 Å². The summed E-state index contributed by atoms with van der Waals surface area (Å²) in [6.45, 7) is 6.01. The largest absolute Gasteiger partial charge is 0.352 e. The Balaban J connectivity index is 1.37. The smallest absolute Gasteiger partial charge is 0.273 e. The number of carbonyl (C=O) groups excluding carboxylic acids is 2. The Bertz CT molecular complexity index is 827. The summed E-state index contributed by atoms with van der Waals surface area (Å²) in [7, 11) is 0. The van der Waals surface area contributed by atoms with Crippen molar-refractivity contribution in [2.75, 3.05) is 13.1 Å². The number of nitrogens with zero attached hydrogens (tertiary/aromatic N) is 2. The molecule has 1 fully saturated rings. The number of hydrogen-bond acceptors (Lipinski definition) is 4. The van der Waals surface area contributed by atoms with Crippen LogP contribution in [0.4, 0.5) is 4.39 Å². The van der Waals surface area contributed by atoms with Crippen LogP contribution in [0.1, 0.15) is 66.5 Å². The Morgan fingerprint density at radius 1 is 1.24 bits per heavy atom. The third-order valence-electron chi connectivity index (χ3n) is 5.32. The number of rotatable bonds is 7. The fourth-order valence-electron chi connectivity index (χ4n) is 3.46. The number of amides is 2. The number of likely N-dealkylation sites (tertiary alicyclic amines) is 1. The van der Waals surface area contributed by atoms with Gasteiger partial charge in [-0.05, 0) is 42.9 Å². The summed E-state index contributed by atoms with van der Waals surface area (Å²) in [5, 5.41) is 5.74. The van der Waals surface area contributed by atoms with Crippen LogP contribution in [0.25, 0.3) is 0 Å². The van der Waals surface area contributed by atoms with Crippen LogP contribution in [0.5, 0.6) is 0 Å². The SMILES string of the molecule is CC(C)c1nc(C(=O)N2CCC(CCC(=O)NCc3ccc(F)cc3)CC2)cs1. The van der Waals surface area contributed by atoms with Crippen molar-refractivity contribution in [1.82, 2.24) is 15.2 Å². The van der Waals surface area contributed by atoms with E-state index in [1.807, 2.05) is 10.3 Å². The molecular weight excluding hydrogens is 389 g/mol. The Labute approximate surface area is 175 Å². The average molecular weight is 418 g/mol. The first-order valence-electron chi connectivity index (χ1n) is 10.2. The molecule has 5 nitrogen and oxygen atoms in total. The molecule has 0 atom stereocenters. The van der Waals surface area contributed by atoms with E-state index in [-0.39, 0.29) is 17.6 Å². The molecule has 1 aliphatic heterocycles. The summed E-state index contributed by atoms with van der Waals surface area (Å²) in [4.78, 5) is 31.1. The lowest BCUT2D eigenvalue weighted by Crippen LogP contribution is -2.39. The van der Waals surface area contributed by atoms with Gasteiger partial charge in [-0.25, -0.2) is 9.37 Å². The molecule has 3 rings (SSSR count). The van der Waals surface area contributed by atoms with Crippen LogP contribution in [0.3, 0.4) is 0 Å². The third-order valence-corrected chi connectivity index (χ3v) is 6.46. The number of benzene rings is 1. The summed E-state index contributed by atoms with van der Waals surface area (Å²) < 4.78 is 12.9. The number of hydrogen-bond donors (Lipinski definition) is 1. The second kappa shape index (κ2) is 9.96. The molecule has 0 aliphatic carbocycles. The highest BCUT2D eigenvalue weighted by molar-refractivity contribution is 7.09. The first-order chi connectivity index (χ1) is 13.9. The van der Waals surface area contributed by atoms with Crippen LogP contribution >= 0.6 is 11.3 Å². The predicted molar refractivity (Wildman–Crippen MR) is 112 cm³/mol. The molecule has 29 heavy (non-hydrogen) atoms. The summed E-state index contributed by atoms with van der Waals surface area (Å²) in [5.74, 6) is 0.541. The fourth-order valence-corrected chi connectivity index (χ4v) is 4.27. The van der Waals surface area contributed by atoms with Crippen molar-refractivity contribution in [1.29, 1.82) is 0 Å². The minimum atomic E-state index is -0.278. The highest BCUT2D eigenvalue weighted by Gasteiger charge is 2.25. The third kappa shape index (κ3) is 6.10. The van der Waals surface area contributed by atoms with E-state index in [1.54, 1.807) is 23.5 Å². The van der Waals surface area contributed by atoms with E-state index in [4.69, 9.17) is 0 Å². The maximum absolute atomic E-state index is 12.9. The molecule has 0 radical (unpaired) electrons. The van der Waals surface area contributed by atoms with E-state index in [9.17, 15) is 14.0 Å². The van der Waals surface area contributed by atoms with E-state index < -0.39 is 0 Å². The first-order valence-corrected chi connectivity index (χ1v) is 11.1. The standard InChI is InChI=1S/C22H28FN3O2S/c1-15(2)21-25-19(14-29-21)22(28)26-11-9-16(10-12-26)5-8-20(27)24-13-17-3-6-18(23)7-4-17/h3-4,6-7,14-16H,5,8-13H2,1-2H3,(H,24,27). The number of piperidine rings is 1. The summed E-state index contributed by atoms with van der Waals surface area (Å²) in [6, 6.07) is 6.14. The highest BCUT2D eigenvalue weighted by atomic mass is 32.1. The summed E-state index contributed by atoms with van der Waals surface area (Å²) >= 11 is 1.54. The Kier molecular flexibility index (Phi) is 7.36. The number of nitrogens with one attached hydrogen (secondary N) is 1. The normalized spacial score (nSPS) is 15.0. The molecule has 0 bridgehead atoms. The zero-order valence-corrected chi connectivity index (χ0v) is 17.8. The fraction of sp³-hybridized carbons (Fsp3) is 0.500. The Hall–Kier alpha value is -2.28. The van der Waals surface area contributed by atoms with Gasteiger partial charge in [-0.15, -0.1) is 11.3 Å². The molecule has 2 amide bonds. The molecule has 2 heterocycles. The van der Waals surface area contributed by atoms with E-state index in [1.165, 1.54) is 12.1 Å². The van der Waals surface area contributed by atoms with E-state index in [0.29, 0.717) is 30.5 Å². The molecule has 1 aromatic heterocycles. The molecule has 1 saturated heterocycles. The Morgan fingerprint density at radius 3 is 2.55 bits per heavy atom. The molecule has 7 heteroatoms. The van der Waals surface area contributed by atoms with Gasteiger partial charge in [-0.1, -0.05) is 26.0 Å². The second-order valence-corrected chi connectivity index (χ2v) is 8.79.